The van der Waals surface area contributed by atoms with Gasteiger partial charge in [-0.3, -0.25) is 4.79 Å². The number of carbonyl (C=O) groups excluding carboxylic acids is 1. The zero-order chi connectivity index (χ0) is 18.4. The van der Waals surface area contributed by atoms with E-state index < -0.39 is 15.9 Å². The van der Waals surface area contributed by atoms with Gasteiger partial charge in [0.15, 0.2) is 11.5 Å². The van der Waals surface area contributed by atoms with E-state index in [-0.39, 0.29) is 19.9 Å². The van der Waals surface area contributed by atoms with E-state index in [0.29, 0.717) is 11.5 Å². The lowest BCUT2D eigenvalue weighted by Gasteiger charge is -2.07. The molecule has 0 fully saturated rings. The Hall–Kier alpha value is -2.84. The number of benzene rings is 2. The van der Waals surface area contributed by atoms with Crippen molar-refractivity contribution >= 4 is 22.0 Å². The molecule has 1 aliphatic heterocycles. The first kappa shape index (κ1) is 18.0. The largest absolute Gasteiger partial charge is 0.454 e. The lowest BCUT2D eigenvalue weighted by Crippen LogP contribution is -2.35. The van der Waals surface area contributed by atoms with E-state index in [0.717, 1.165) is 16.5 Å². The minimum Gasteiger partial charge on any atom is -0.454 e. The summed E-state index contributed by atoms with van der Waals surface area (Å²) in [5.74, 6) is 0.862. The molecule has 0 aliphatic carbocycles. The molecule has 2 N–H and O–H groups in total. The fourth-order valence-electron chi connectivity index (χ4n) is 2.26. The predicted molar refractivity (Wildman–Crippen MR) is 96.8 cm³/mol. The number of hydrogen-bond donors (Lipinski definition) is 2. The summed E-state index contributed by atoms with van der Waals surface area (Å²) in [6.45, 7) is 0.104. The molecule has 2 aromatic rings. The van der Waals surface area contributed by atoms with E-state index in [1.165, 1.54) is 6.08 Å². The maximum Gasteiger partial charge on any atom is 0.235 e. The molecule has 0 atom stereocenters. The highest BCUT2D eigenvalue weighted by Crippen LogP contribution is 2.32. The van der Waals surface area contributed by atoms with Crippen LogP contribution in [-0.4, -0.2) is 27.7 Å². The summed E-state index contributed by atoms with van der Waals surface area (Å²) >= 11 is 0. The summed E-state index contributed by atoms with van der Waals surface area (Å²) in [4.78, 5) is 11.9. The molecule has 7 nitrogen and oxygen atoms in total. The van der Waals surface area contributed by atoms with E-state index >= 15 is 0 Å². The number of nitrogens with one attached hydrogen (secondary N) is 2. The van der Waals surface area contributed by atoms with Crippen molar-refractivity contribution in [2.45, 2.75) is 6.54 Å². The van der Waals surface area contributed by atoms with E-state index in [1.807, 2.05) is 18.2 Å². The van der Waals surface area contributed by atoms with Crippen molar-refractivity contribution in [2.75, 3.05) is 13.3 Å². The maximum absolute atomic E-state index is 11.9. The topological polar surface area (TPSA) is 93.7 Å². The Labute approximate surface area is 151 Å². The first-order valence-electron chi connectivity index (χ1n) is 7.90. The number of fused-ring (bicyclic) bond motifs is 1. The standard InChI is InChI=1S/C18H18N2O5S/c21-18(19-11-15-6-7-16-17(10-15)25-13-24-16)12-20-26(22,23)9-8-14-4-2-1-3-5-14/h1-10,20H,11-13H2,(H,19,21). The van der Waals surface area contributed by atoms with Gasteiger partial charge in [-0.25, -0.2) is 13.1 Å². The third-order valence-corrected chi connectivity index (χ3v) is 4.64. The molecule has 3 rings (SSSR count). The summed E-state index contributed by atoms with van der Waals surface area (Å²) in [5.41, 5.74) is 1.58. The van der Waals surface area contributed by atoms with Crippen LogP contribution in [0.25, 0.3) is 6.08 Å². The maximum atomic E-state index is 11.9. The molecule has 0 saturated heterocycles. The highest BCUT2D eigenvalue weighted by molar-refractivity contribution is 7.92. The monoisotopic (exact) mass is 374 g/mol. The third-order valence-electron chi connectivity index (χ3n) is 3.60. The number of amides is 1. The van der Waals surface area contributed by atoms with E-state index in [1.54, 1.807) is 30.3 Å². The van der Waals surface area contributed by atoms with Gasteiger partial charge in [0.05, 0.1) is 6.54 Å². The minimum absolute atomic E-state index is 0.184. The molecule has 136 valence electrons. The van der Waals surface area contributed by atoms with Crippen LogP contribution in [0.5, 0.6) is 11.5 Å². The number of ether oxygens (including phenoxy) is 2. The van der Waals surface area contributed by atoms with Crippen molar-refractivity contribution in [1.82, 2.24) is 10.0 Å². The Morgan fingerprint density at radius 1 is 1.08 bits per heavy atom. The smallest absolute Gasteiger partial charge is 0.235 e. The first-order valence-corrected chi connectivity index (χ1v) is 9.44. The number of hydrogen-bond acceptors (Lipinski definition) is 5. The molecular weight excluding hydrogens is 356 g/mol. The second-order valence-electron chi connectivity index (χ2n) is 5.54. The summed E-state index contributed by atoms with van der Waals surface area (Å²) < 4.78 is 36.5. The van der Waals surface area contributed by atoms with Crippen LogP contribution >= 0.6 is 0 Å². The Kier molecular flexibility index (Phi) is 5.55. The van der Waals surface area contributed by atoms with Crippen molar-refractivity contribution in [3.05, 3.63) is 65.1 Å². The van der Waals surface area contributed by atoms with Crippen LogP contribution in [0.2, 0.25) is 0 Å². The number of sulfonamides is 1. The van der Waals surface area contributed by atoms with Crippen LogP contribution in [0.3, 0.4) is 0 Å². The van der Waals surface area contributed by atoms with Gasteiger partial charge in [0.1, 0.15) is 0 Å². The molecule has 0 aromatic heterocycles. The van der Waals surface area contributed by atoms with Gasteiger partial charge in [-0.15, -0.1) is 0 Å². The zero-order valence-electron chi connectivity index (χ0n) is 13.8. The van der Waals surface area contributed by atoms with Crippen LogP contribution in [0.15, 0.2) is 53.9 Å². The van der Waals surface area contributed by atoms with Gasteiger partial charge >= 0.3 is 0 Å². The predicted octanol–water partition coefficient (Wildman–Crippen LogP) is 1.62. The van der Waals surface area contributed by atoms with Gasteiger partial charge in [-0.2, -0.15) is 0 Å². The molecule has 1 aliphatic rings. The molecule has 0 spiro atoms. The molecule has 2 aromatic carbocycles. The third kappa shape index (κ3) is 5.08. The van der Waals surface area contributed by atoms with E-state index in [9.17, 15) is 13.2 Å². The molecule has 0 saturated carbocycles. The Morgan fingerprint density at radius 3 is 2.65 bits per heavy atom. The quantitative estimate of drug-likeness (QED) is 0.768. The fourth-order valence-corrected chi connectivity index (χ4v) is 3.03. The zero-order valence-corrected chi connectivity index (χ0v) is 14.7. The second-order valence-corrected chi connectivity index (χ2v) is 7.19. The summed E-state index contributed by atoms with van der Waals surface area (Å²) in [7, 11) is -3.69. The molecule has 0 radical (unpaired) electrons. The van der Waals surface area contributed by atoms with Crippen LogP contribution in [0, 0.1) is 0 Å². The van der Waals surface area contributed by atoms with Crippen molar-refractivity contribution in [3.8, 4) is 11.5 Å². The first-order chi connectivity index (χ1) is 12.5. The summed E-state index contributed by atoms with van der Waals surface area (Å²) in [5, 5.41) is 3.69. The molecule has 1 amide bonds. The van der Waals surface area contributed by atoms with Crippen molar-refractivity contribution in [2.24, 2.45) is 0 Å². The molecule has 1 heterocycles. The van der Waals surface area contributed by atoms with E-state index in [2.05, 4.69) is 10.0 Å². The van der Waals surface area contributed by atoms with Crippen molar-refractivity contribution < 1.29 is 22.7 Å². The van der Waals surface area contributed by atoms with Crippen LogP contribution in [-0.2, 0) is 21.4 Å². The highest BCUT2D eigenvalue weighted by atomic mass is 32.2. The van der Waals surface area contributed by atoms with Gasteiger partial charge in [0, 0.05) is 12.0 Å². The van der Waals surface area contributed by atoms with Gasteiger partial charge in [0.2, 0.25) is 22.7 Å². The number of rotatable bonds is 7. The van der Waals surface area contributed by atoms with Crippen LogP contribution in [0.1, 0.15) is 11.1 Å². The average Bonchev–Trinajstić information content (AvgIpc) is 3.12. The highest BCUT2D eigenvalue weighted by Gasteiger charge is 2.14. The molecule has 0 unspecified atom stereocenters. The van der Waals surface area contributed by atoms with Crippen LogP contribution in [0.4, 0.5) is 0 Å². The molecular formula is C18H18N2O5S. The normalized spacial score (nSPS) is 13.1. The minimum atomic E-state index is -3.69. The fraction of sp³-hybridized carbons (Fsp3) is 0.167. The van der Waals surface area contributed by atoms with Gasteiger partial charge in [0.25, 0.3) is 0 Å². The molecule has 26 heavy (non-hydrogen) atoms. The average molecular weight is 374 g/mol. The molecule has 0 bridgehead atoms. The second kappa shape index (κ2) is 8.03. The van der Waals surface area contributed by atoms with Gasteiger partial charge in [-0.05, 0) is 29.3 Å². The van der Waals surface area contributed by atoms with Gasteiger partial charge < -0.3 is 14.8 Å². The summed E-state index contributed by atoms with van der Waals surface area (Å²) in [6.07, 6.45) is 1.47. The van der Waals surface area contributed by atoms with Crippen LogP contribution < -0.4 is 19.5 Å². The Balaban J connectivity index is 1.46. The van der Waals surface area contributed by atoms with Gasteiger partial charge in [-0.1, -0.05) is 36.4 Å². The number of carbonyl (C=O) groups is 1. The summed E-state index contributed by atoms with van der Waals surface area (Å²) in [6, 6.07) is 14.4. The van der Waals surface area contributed by atoms with Crippen molar-refractivity contribution in [3.63, 3.8) is 0 Å². The SMILES string of the molecule is O=C(CNS(=O)(=O)C=Cc1ccccc1)NCc1ccc2c(c1)OCO2. The lowest BCUT2D eigenvalue weighted by atomic mass is 10.2. The van der Waals surface area contributed by atoms with Crippen molar-refractivity contribution in [1.29, 1.82) is 0 Å². The molecule has 8 heteroatoms. The Morgan fingerprint density at radius 2 is 1.85 bits per heavy atom. The van der Waals surface area contributed by atoms with E-state index in [4.69, 9.17) is 9.47 Å². The Bertz CT molecular complexity index is 910. The lowest BCUT2D eigenvalue weighted by molar-refractivity contribution is -0.120.